The topological polar surface area (TPSA) is 44.8 Å². The molecule has 2 aliphatic heterocycles. The van der Waals surface area contributed by atoms with Gasteiger partial charge in [-0.05, 0) is 42.0 Å². The van der Waals surface area contributed by atoms with Crippen molar-refractivity contribution in [2.24, 2.45) is 0 Å². The molecule has 24 heavy (non-hydrogen) atoms. The summed E-state index contributed by atoms with van der Waals surface area (Å²) in [6.07, 6.45) is 2.47. The van der Waals surface area contributed by atoms with Crippen LogP contribution in [-0.2, 0) is 0 Å². The third-order valence-corrected chi connectivity index (χ3v) is 4.51. The smallest absolute Gasteiger partial charge is 0.192 e. The minimum Gasteiger partial charge on any atom is -0.492 e. The molecule has 4 rings (SSSR count). The van der Waals surface area contributed by atoms with Gasteiger partial charge in [0.15, 0.2) is 17.3 Å². The number of benzene rings is 2. The standard InChI is InChI=1S/C19H15BrO4/c20-14-2-3-15-17(11-14)22-6-5-13(19(15)21)9-12-1-4-16-18(10-12)24-8-7-23-16/h1-4,9-11H,5-8H2/b13-9-. The molecule has 5 heteroatoms. The van der Waals surface area contributed by atoms with Gasteiger partial charge in [0.25, 0.3) is 0 Å². The molecule has 0 spiro atoms. The Labute approximate surface area is 148 Å². The SMILES string of the molecule is O=C1/C(=C\c2ccc3c(c2)OCCO3)CCOc2cc(Br)ccc21. The zero-order valence-corrected chi connectivity index (χ0v) is 14.5. The molecule has 122 valence electrons. The van der Waals surface area contributed by atoms with Gasteiger partial charge < -0.3 is 14.2 Å². The van der Waals surface area contributed by atoms with Crippen molar-refractivity contribution >= 4 is 27.8 Å². The van der Waals surface area contributed by atoms with Gasteiger partial charge in [0.1, 0.15) is 19.0 Å². The van der Waals surface area contributed by atoms with Crippen LogP contribution in [0.4, 0.5) is 0 Å². The van der Waals surface area contributed by atoms with E-state index in [9.17, 15) is 4.79 Å². The summed E-state index contributed by atoms with van der Waals surface area (Å²) in [7, 11) is 0. The van der Waals surface area contributed by atoms with Crippen molar-refractivity contribution in [1.82, 2.24) is 0 Å². The van der Waals surface area contributed by atoms with E-state index in [0.29, 0.717) is 37.6 Å². The predicted molar refractivity (Wildman–Crippen MR) is 94.0 cm³/mol. The van der Waals surface area contributed by atoms with Gasteiger partial charge in [-0.1, -0.05) is 22.0 Å². The van der Waals surface area contributed by atoms with Gasteiger partial charge in [-0.2, -0.15) is 0 Å². The molecule has 0 aliphatic carbocycles. The predicted octanol–water partition coefficient (Wildman–Crippen LogP) is 4.27. The molecular weight excluding hydrogens is 372 g/mol. The van der Waals surface area contributed by atoms with Gasteiger partial charge in [-0.3, -0.25) is 4.79 Å². The molecule has 0 N–H and O–H groups in total. The quantitative estimate of drug-likeness (QED) is 0.686. The highest BCUT2D eigenvalue weighted by Crippen LogP contribution is 2.33. The molecule has 0 saturated heterocycles. The molecule has 0 amide bonds. The lowest BCUT2D eigenvalue weighted by atomic mass is 9.99. The second-order valence-corrected chi connectivity index (χ2v) is 6.56. The van der Waals surface area contributed by atoms with E-state index in [-0.39, 0.29) is 5.78 Å². The Hall–Kier alpha value is -2.27. The summed E-state index contributed by atoms with van der Waals surface area (Å²) in [5.74, 6) is 2.09. The van der Waals surface area contributed by atoms with Crippen molar-refractivity contribution in [1.29, 1.82) is 0 Å². The van der Waals surface area contributed by atoms with Crippen molar-refractivity contribution in [2.75, 3.05) is 19.8 Å². The summed E-state index contributed by atoms with van der Waals surface area (Å²) in [5, 5.41) is 0. The fraction of sp³-hybridized carbons (Fsp3) is 0.211. The molecule has 2 aliphatic rings. The Balaban J connectivity index is 1.69. The maximum atomic E-state index is 12.8. The first kappa shape index (κ1) is 15.3. The number of hydrogen-bond donors (Lipinski definition) is 0. The first-order valence-electron chi connectivity index (χ1n) is 7.78. The van der Waals surface area contributed by atoms with Gasteiger partial charge >= 0.3 is 0 Å². The molecule has 2 aromatic rings. The van der Waals surface area contributed by atoms with Crippen molar-refractivity contribution in [3.8, 4) is 17.2 Å². The highest BCUT2D eigenvalue weighted by molar-refractivity contribution is 9.10. The van der Waals surface area contributed by atoms with Crippen molar-refractivity contribution < 1.29 is 19.0 Å². The molecular formula is C19H15BrO4. The van der Waals surface area contributed by atoms with Crippen molar-refractivity contribution in [3.05, 3.63) is 57.6 Å². The van der Waals surface area contributed by atoms with E-state index in [4.69, 9.17) is 14.2 Å². The third-order valence-electron chi connectivity index (χ3n) is 4.02. The molecule has 0 fully saturated rings. The van der Waals surface area contributed by atoms with Gasteiger partial charge in [0, 0.05) is 16.5 Å². The van der Waals surface area contributed by atoms with E-state index < -0.39 is 0 Å². The normalized spacial score (nSPS) is 17.9. The maximum absolute atomic E-state index is 12.8. The third kappa shape index (κ3) is 2.91. The van der Waals surface area contributed by atoms with Crippen molar-refractivity contribution in [2.45, 2.75) is 6.42 Å². The second-order valence-electron chi connectivity index (χ2n) is 5.64. The summed E-state index contributed by atoms with van der Waals surface area (Å²) < 4.78 is 17.8. The Morgan fingerprint density at radius 2 is 1.67 bits per heavy atom. The number of carbonyl (C=O) groups is 1. The van der Waals surface area contributed by atoms with Crippen LogP contribution in [0.15, 0.2) is 46.4 Å². The first-order valence-corrected chi connectivity index (χ1v) is 8.57. The highest BCUT2D eigenvalue weighted by atomic mass is 79.9. The van der Waals surface area contributed by atoms with Crippen LogP contribution >= 0.6 is 15.9 Å². The Morgan fingerprint density at radius 1 is 0.875 bits per heavy atom. The number of halogens is 1. The lowest BCUT2D eigenvalue weighted by Crippen LogP contribution is -2.15. The van der Waals surface area contributed by atoms with E-state index in [1.54, 1.807) is 6.07 Å². The minimum absolute atomic E-state index is 0.00453. The van der Waals surface area contributed by atoms with Gasteiger partial charge in [-0.15, -0.1) is 0 Å². The van der Waals surface area contributed by atoms with Crippen molar-refractivity contribution in [3.63, 3.8) is 0 Å². The zero-order valence-electron chi connectivity index (χ0n) is 12.9. The molecule has 2 heterocycles. The number of carbonyl (C=O) groups excluding carboxylic acids is 1. The minimum atomic E-state index is 0.00453. The number of Topliss-reactive ketones (excluding diaryl/α,β-unsaturated/α-hetero) is 1. The fourth-order valence-corrected chi connectivity index (χ4v) is 3.19. The Kier molecular flexibility index (Phi) is 4.02. The number of hydrogen-bond acceptors (Lipinski definition) is 4. The van der Waals surface area contributed by atoms with Crippen LogP contribution < -0.4 is 14.2 Å². The van der Waals surface area contributed by atoms with Crippen LogP contribution in [0, 0.1) is 0 Å². The summed E-state index contributed by atoms with van der Waals surface area (Å²) >= 11 is 3.41. The number of rotatable bonds is 1. The lowest BCUT2D eigenvalue weighted by Gasteiger charge is -2.18. The summed E-state index contributed by atoms with van der Waals surface area (Å²) in [5.41, 5.74) is 2.25. The molecule has 4 nitrogen and oxygen atoms in total. The average Bonchev–Trinajstić information content (AvgIpc) is 2.74. The van der Waals surface area contributed by atoms with Crippen LogP contribution in [0.1, 0.15) is 22.3 Å². The maximum Gasteiger partial charge on any atom is 0.192 e. The Morgan fingerprint density at radius 3 is 2.54 bits per heavy atom. The summed E-state index contributed by atoms with van der Waals surface area (Å²) in [4.78, 5) is 12.8. The second kappa shape index (κ2) is 6.32. The lowest BCUT2D eigenvalue weighted by molar-refractivity contribution is 0.103. The monoisotopic (exact) mass is 386 g/mol. The number of ketones is 1. The van der Waals surface area contributed by atoms with Gasteiger partial charge in [0.2, 0.25) is 0 Å². The largest absolute Gasteiger partial charge is 0.492 e. The molecule has 0 saturated carbocycles. The van der Waals surface area contributed by atoms with Crippen LogP contribution in [0.5, 0.6) is 17.2 Å². The molecule has 0 bridgehead atoms. The molecule has 2 aromatic carbocycles. The van der Waals surface area contributed by atoms with E-state index >= 15 is 0 Å². The summed E-state index contributed by atoms with van der Waals surface area (Å²) in [6.45, 7) is 1.59. The molecule has 0 atom stereocenters. The van der Waals surface area contributed by atoms with Crippen LogP contribution in [0.25, 0.3) is 6.08 Å². The molecule has 0 aromatic heterocycles. The highest BCUT2D eigenvalue weighted by Gasteiger charge is 2.21. The van der Waals surface area contributed by atoms with Gasteiger partial charge in [0.05, 0.1) is 12.2 Å². The van der Waals surface area contributed by atoms with E-state index in [2.05, 4.69) is 15.9 Å². The van der Waals surface area contributed by atoms with E-state index in [1.807, 2.05) is 36.4 Å². The number of ether oxygens (including phenoxy) is 3. The number of fused-ring (bicyclic) bond motifs is 2. The Bertz CT molecular complexity index is 841. The first-order chi connectivity index (χ1) is 11.7. The van der Waals surface area contributed by atoms with Gasteiger partial charge in [-0.25, -0.2) is 0 Å². The van der Waals surface area contributed by atoms with E-state index in [0.717, 1.165) is 27.1 Å². The molecule has 0 unspecified atom stereocenters. The molecule has 0 radical (unpaired) electrons. The van der Waals surface area contributed by atoms with Crippen LogP contribution in [0.3, 0.4) is 0 Å². The summed E-state index contributed by atoms with van der Waals surface area (Å²) in [6, 6.07) is 11.2. The zero-order chi connectivity index (χ0) is 16.5. The fourth-order valence-electron chi connectivity index (χ4n) is 2.85. The van der Waals surface area contributed by atoms with Crippen LogP contribution in [0.2, 0.25) is 0 Å². The van der Waals surface area contributed by atoms with E-state index in [1.165, 1.54) is 0 Å². The average molecular weight is 387 g/mol. The van der Waals surface area contributed by atoms with Crippen LogP contribution in [-0.4, -0.2) is 25.6 Å².